The minimum atomic E-state index is -0.905. The van der Waals surface area contributed by atoms with Gasteiger partial charge in [0.15, 0.2) is 0 Å². The Hall–Kier alpha value is -4.42. The van der Waals surface area contributed by atoms with E-state index in [1.807, 2.05) is 39.1 Å². The molecule has 2 fully saturated rings. The number of methoxy groups -OCH3 is 1. The van der Waals surface area contributed by atoms with E-state index in [1.54, 1.807) is 9.80 Å². The van der Waals surface area contributed by atoms with Gasteiger partial charge in [0, 0.05) is 18.7 Å². The van der Waals surface area contributed by atoms with Crippen molar-refractivity contribution in [2.45, 2.75) is 77.6 Å². The molecule has 3 amide bonds. The summed E-state index contributed by atoms with van der Waals surface area (Å²) in [5.41, 5.74) is 5.95. The van der Waals surface area contributed by atoms with Crippen molar-refractivity contribution >= 4 is 64.7 Å². The van der Waals surface area contributed by atoms with Gasteiger partial charge in [-0.15, -0.1) is 0 Å². The van der Waals surface area contributed by atoms with Gasteiger partial charge in [-0.2, -0.15) is 40.5 Å². The van der Waals surface area contributed by atoms with Crippen LogP contribution < -0.4 is 5.32 Å². The van der Waals surface area contributed by atoms with Crippen LogP contribution in [0.2, 0.25) is 0 Å². The Bertz CT molecular complexity index is 2020. The average Bonchev–Trinajstić information content (AvgIpc) is 4.00. The van der Waals surface area contributed by atoms with Gasteiger partial charge in [0.2, 0.25) is 5.91 Å². The first-order valence-corrected chi connectivity index (χ1v) is 18.9. The number of benzene rings is 2. The molecule has 59 heavy (non-hydrogen) atoms. The molecule has 3 aliphatic heterocycles. The van der Waals surface area contributed by atoms with Gasteiger partial charge in [0.25, 0.3) is 0 Å². The number of alkyl carbamates (subject to hydrolysis) is 1. The zero-order valence-corrected chi connectivity index (χ0v) is 36.3. The molecule has 17 heteroatoms. The molecule has 3 N–H and O–H groups in total. The second-order valence-electron chi connectivity index (χ2n) is 15.0. The van der Waals surface area contributed by atoms with Gasteiger partial charge < -0.3 is 39.1 Å². The van der Waals surface area contributed by atoms with E-state index in [2.05, 4.69) is 68.8 Å². The molecule has 2 aromatic heterocycles. The highest BCUT2D eigenvalue weighted by molar-refractivity contribution is 7.59. The molecular formula is C42H59N7O7S3. The molecule has 5 heterocycles. The van der Waals surface area contributed by atoms with E-state index in [-0.39, 0.29) is 85.2 Å². The van der Waals surface area contributed by atoms with Gasteiger partial charge in [0.05, 0.1) is 68.9 Å². The molecule has 322 valence electrons. The van der Waals surface area contributed by atoms with Gasteiger partial charge in [0.1, 0.15) is 23.3 Å². The topological polar surface area (TPSA) is 164 Å². The van der Waals surface area contributed by atoms with Crippen LogP contribution in [-0.2, 0) is 23.7 Å². The van der Waals surface area contributed by atoms with Gasteiger partial charge in [-0.1, -0.05) is 62.0 Å². The van der Waals surface area contributed by atoms with Crippen LogP contribution in [0.3, 0.4) is 0 Å². The van der Waals surface area contributed by atoms with Crippen molar-refractivity contribution in [2.24, 2.45) is 0 Å². The van der Waals surface area contributed by atoms with Crippen LogP contribution in [0.15, 0.2) is 60.8 Å². The Kier molecular flexibility index (Phi) is 18.0. The molecule has 3 atom stereocenters. The summed E-state index contributed by atoms with van der Waals surface area (Å²) < 4.78 is 21.8. The largest absolute Gasteiger partial charge is 0.453 e. The van der Waals surface area contributed by atoms with E-state index in [0.717, 1.165) is 70.8 Å². The van der Waals surface area contributed by atoms with Crippen LogP contribution >= 0.6 is 40.5 Å². The van der Waals surface area contributed by atoms with Crippen LogP contribution in [0.25, 0.3) is 39.7 Å². The maximum absolute atomic E-state index is 13.8. The van der Waals surface area contributed by atoms with Crippen LogP contribution in [0.5, 0.6) is 0 Å². The number of aromatic amines is 2. The van der Waals surface area contributed by atoms with Crippen LogP contribution in [-0.4, -0.2) is 106 Å². The Morgan fingerprint density at radius 3 is 2.15 bits per heavy atom. The second kappa shape index (κ2) is 21.7. The monoisotopic (exact) mass is 869 g/mol. The summed E-state index contributed by atoms with van der Waals surface area (Å²) in [6.45, 7) is 7.79. The summed E-state index contributed by atoms with van der Waals surface area (Å²) in [6, 6.07) is 15.2. The molecule has 0 radical (unpaired) electrons. The second-order valence-corrected chi connectivity index (χ2v) is 15.0. The highest BCUT2D eigenvalue weighted by Crippen LogP contribution is 2.36. The minimum Gasteiger partial charge on any atom is -0.453 e. The Morgan fingerprint density at radius 2 is 1.47 bits per heavy atom. The molecule has 3 aliphatic rings. The van der Waals surface area contributed by atoms with Crippen LogP contribution in [0.4, 0.5) is 9.59 Å². The van der Waals surface area contributed by atoms with Crippen molar-refractivity contribution in [3.05, 3.63) is 78.1 Å². The first-order chi connectivity index (χ1) is 26.6. The van der Waals surface area contributed by atoms with Gasteiger partial charge in [-0.05, 0) is 69.2 Å². The zero-order chi connectivity index (χ0) is 38.5. The van der Waals surface area contributed by atoms with E-state index >= 15 is 0 Å². The summed E-state index contributed by atoms with van der Waals surface area (Å²) in [5.74, 6) is 1.19. The number of nitrogens with one attached hydrogen (secondary N) is 3. The number of fused-ring (bicyclic) bond motifs is 4. The maximum atomic E-state index is 13.8. The van der Waals surface area contributed by atoms with E-state index in [4.69, 9.17) is 23.9 Å². The number of H-pyrrole nitrogens is 2. The Morgan fingerprint density at radius 1 is 0.847 bits per heavy atom. The van der Waals surface area contributed by atoms with Crippen molar-refractivity contribution in [1.29, 1.82) is 0 Å². The number of imidazole rings is 2. The fourth-order valence-corrected chi connectivity index (χ4v) is 7.34. The molecule has 0 unspecified atom stereocenters. The lowest BCUT2D eigenvalue weighted by molar-refractivity contribution is -0.136. The number of nitrogens with zero attached hydrogens (tertiary/aromatic N) is 4. The van der Waals surface area contributed by atoms with Crippen LogP contribution in [0, 0.1) is 0 Å². The molecule has 7 rings (SSSR count). The van der Waals surface area contributed by atoms with Gasteiger partial charge in [-0.3, -0.25) is 9.69 Å². The molecular weight excluding hydrogens is 811 g/mol. The van der Waals surface area contributed by atoms with Crippen molar-refractivity contribution < 1.29 is 33.3 Å². The van der Waals surface area contributed by atoms with Crippen molar-refractivity contribution in [3.8, 4) is 33.6 Å². The quantitative estimate of drug-likeness (QED) is 0.183. The van der Waals surface area contributed by atoms with Gasteiger partial charge >= 0.3 is 12.2 Å². The number of carbonyl (C=O) groups is 3. The predicted molar refractivity (Wildman–Crippen MR) is 244 cm³/mol. The number of likely N-dealkylation sites (tertiary alicyclic amines) is 1. The number of rotatable bonds is 5. The molecule has 0 saturated carbocycles. The summed E-state index contributed by atoms with van der Waals surface area (Å²) in [4.78, 5) is 58.9. The third-order valence-corrected chi connectivity index (χ3v) is 10.0. The first-order valence-electron chi connectivity index (χ1n) is 18.9. The smallest absolute Gasteiger partial charge is 0.410 e. The van der Waals surface area contributed by atoms with Crippen molar-refractivity contribution in [2.75, 3.05) is 46.6 Å². The predicted octanol–water partition coefficient (Wildman–Crippen LogP) is 7.63. The Labute approximate surface area is 367 Å². The third-order valence-electron chi connectivity index (χ3n) is 10.0. The van der Waals surface area contributed by atoms with Crippen LogP contribution in [0.1, 0.15) is 83.3 Å². The number of hydrogen-bond donors (Lipinski definition) is 3. The number of carbonyl (C=O) groups excluding carboxylic acids is 3. The fourth-order valence-electron chi connectivity index (χ4n) is 7.34. The highest BCUT2D eigenvalue weighted by atomic mass is 32.1. The summed E-state index contributed by atoms with van der Waals surface area (Å²) >= 11 is 0. The highest BCUT2D eigenvalue weighted by Gasteiger charge is 2.37. The Balaban J connectivity index is 0.00000233. The molecule has 2 saturated heterocycles. The lowest BCUT2D eigenvalue weighted by Crippen LogP contribution is -2.51. The third kappa shape index (κ3) is 11.7. The van der Waals surface area contributed by atoms with E-state index < -0.39 is 17.7 Å². The molecule has 2 bridgehead atoms. The average molecular weight is 870 g/mol. The summed E-state index contributed by atoms with van der Waals surface area (Å²) in [5, 5.41) is 2.63. The normalized spacial score (nSPS) is 19.9. The maximum Gasteiger partial charge on any atom is 0.410 e. The van der Waals surface area contributed by atoms with Gasteiger partial charge in [-0.25, -0.2) is 19.6 Å². The van der Waals surface area contributed by atoms with Crippen molar-refractivity contribution in [3.63, 3.8) is 0 Å². The SMILES string of the molecule is C.COC(=O)N[C@H]1COCCOC/C=C\c2[nH]c(nc2-c2ccc(-c3ccc(-c4cnc([C@@H]5CCCN5C(=O)OC(C)(C)C)[nH]4)cc3)cc2)[C@@H]2CCCN2C1=O.S.S.S. The lowest BCUT2D eigenvalue weighted by atomic mass is 10.0. The molecule has 14 nitrogen and oxygen atoms in total. The number of hydrogen-bond acceptors (Lipinski definition) is 9. The van der Waals surface area contributed by atoms with Crippen molar-refractivity contribution in [1.82, 2.24) is 35.1 Å². The standard InChI is InChI=1S/C41H49N7O7.CH4.3H2S/c1-41(2,3)55-40(51)48-20-6-9-33(48)36-42-24-31(44-36)28-15-11-26(12-16-28)27-13-17-29(18-14-27)35-30-8-7-21-53-22-23-54-25-32(45-39(50)52-4)38(49)47-19-5-10-34(47)37(43-30)46-35;;;;/h7-8,11-18,24,32-34H,5-6,9-10,19-23,25H2,1-4H3,(H,42,44)(H,43,46)(H,45,50);1H4;3*1H2/b8-7-;;;;/t32-,33-,34-;;;;/m0..../s1. The minimum absolute atomic E-state index is 0. The number of ether oxygens (including phenoxy) is 4. The number of amides is 3. The lowest BCUT2D eigenvalue weighted by Gasteiger charge is -2.28. The molecule has 4 aromatic rings. The number of aromatic nitrogens is 4. The summed E-state index contributed by atoms with van der Waals surface area (Å²) in [6.07, 6.45) is 7.98. The molecule has 2 aromatic carbocycles. The van der Waals surface area contributed by atoms with E-state index in [0.29, 0.717) is 32.1 Å². The molecule has 0 aliphatic carbocycles. The molecule has 0 spiro atoms. The zero-order valence-electron chi connectivity index (χ0n) is 33.3. The summed E-state index contributed by atoms with van der Waals surface area (Å²) in [7, 11) is 1.26. The van der Waals surface area contributed by atoms with E-state index in [9.17, 15) is 14.4 Å². The first kappa shape index (κ1) is 48.9. The van der Waals surface area contributed by atoms with E-state index in [1.165, 1.54) is 7.11 Å². The fraction of sp³-hybridized carbons (Fsp3) is 0.452.